The second-order valence-electron chi connectivity index (χ2n) is 8.09. The summed E-state index contributed by atoms with van der Waals surface area (Å²) in [5.41, 5.74) is 2.87. The summed E-state index contributed by atoms with van der Waals surface area (Å²) in [5, 5.41) is 6.53. The number of nitrogens with zero attached hydrogens (tertiary/aromatic N) is 3. The Morgan fingerprint density at radius 1 is 0.971 bits per heavy atom. The van der Waals surface area contributed by atoms with Crippen LogP contribution in [0.1, 0.15) is 5.56 Å². The van der Waals surface area contributed by atoms with Crippen molar-refractivity contribution in [3.05, 3.63) is 72.6 Å². The van der Waals surface area contributed by atoms with Crippen molar-refractivity contribution in [1.82, 2.24) is 14.6 Å². The van der Waals surface area contributed by atoms with Gasteiger partial charge in [0.15, 0.2) is 0 Å². The summed E-state index contributed by atoms with van der Waals surface area (Å²) in [6.45, 7) is 3.19. The predicted octanol–water partition coefficient (Wildman–Crippen LogP) is 2.77. The van der Waals surface area contributed by atoms with Crippen molar-refractivity contribution in [2.24, 2.45) is 0 Å². The fourth-order valence-corrected chi connectivity index (χ4v) is 5.41. The molecule has 9 nitrogen and oxygen atoms in total. The Kier molecular flexibility index (Phi) is 8.06. The van der Waals surface area contributed by atoms with Crippen LogP contribution in [0.3, 0.4) is 0 Å². The number of anilines is 2. The minimum Gasteiger partial charge on any atom is -0.497 e. The van der Waals surface area contributed by atoms with Gasteiger partial charge in [0.2, 0.25) is 10.0 Å². The molecular formula is C25H31N5O4S. The van der Waals surface area contributed by atoms with E-state index in [9.17, 15) is 8.42 Å². The van der Waals surface area contributed by atoms with Crippen LogP contribution in [0.5, 0.6) is 11.5 Å². The van der Waals surface area contributed by atoms with Gasteiger partial charge in [0, 0.05) is 56.9 Å². The summed E-state index contributed by atoms with van der Waals surface area (Å²) in [4.78, 5) is 6.52. The number of hydrogen-bond donors (Lipinski definition) is 2. The van der Waals surface area contributed by atoms with Gasteiger partial charge in [-0.1, -0.05) is 6.07 Å². The Hall–Kier alpha value is -3.34. The molecule has 1 aliphatic heterocycles. The number of ether oxygens (including phenoxy) is 2. The van der Waals surface area contributed by atoms with Crippen LogP contribution in [-0.2, 0) is 16.6 Å². The largest absolute Gasteiger partial charge is 0.497 e. The fourth-order valence-electron chi connectivity index (χ4n) is 3.98. The van der Waals surface area contributed by atoms with Gasteiger partial charge < -0.3 is 19.7 Å². The maximum absolute atomic E-state index is 13.2. The molecule has 186 valence electrons. The van der Waals surface area contributed by atoms with Crippen LogP contribution in [0.2, 0.25) is 0 Å². The van der Waals surface area contributed by atoms with E-state index < -0.39 is 10.0 Å². The first-order valence-electron chi connectivity index (χ1n) is 11.4. The first kappa shape index (κ1) is 24.8. The van der Waals surface area contributed by atoms with Crippen LogP contribution >= 0.6 is 0 Å². The van der Waals surface area contributed by atoms with Gasteiger partial charge in [-0.15, -0.1) is 0 Å². The van der Waals surface area contributed by atoms with Gasteiger partial charge in [-0.25, -0.2) is 8.42 Å². The van der Waals surface area contributed by atoms with Gasteiger partial charge in [0.05, 0.1) is 31.5 Å². The van der Waals surface area contributed by atoms with Gasteiger partial charge >= 0.3 is 0 Å². The minimum atomic E-state index is -3.57. The van der Waals surface area contributed by atoms with Gasteiger partial charge in [-0.2, -0.15) is 4.31 Å². The summed E-state index contributed by atoms with van der Waals surface area (Å²) in [6, 6.07) is 16.4. The standard InChI is InChI=1S/C25H31N5O4S/c1-33-22-7-10-24(25(16-22)34-2)29-12-14-30(15-13-29)35(31,32)23-8-5-21(6-9-23)28-19-27-18-20-4-3-11-26-17-20/h3-11,16-17,27-28H,12-15,18-19H2,1-2H3. The third-order valence-electron chi connectivity index (χ3n) is 5.93. The summed E-state index contributed by atoms with van der Waals surface area (Å²) >= 11 is 0. The molecule has 0 amide bonds. The third kappa shape index (κ3) is 6.02. The summed E-state index contributed by atoms with van der Waals surface area (Å²) in [7, 11) is -0.335. The van der Waals surface area contributed by atoms with E-state index in [1.165, 1.54) is 4.31 Å². The second-order valence-corrected chi connectivity index (χ2v) is 10.0. The van der Waals surface area contributed by atoms with E-state index in [-0.39, 0.29) is 0 Å². The SMILES string of the molecule is COc1ccc(N2CCN(S(=O)(=O)c3ccc(NCNCc4cccnc4)cc3)CC2)c(OC)c1. The molecule has 0 atom stereocenters. The lowest BCUT2D eigenvalue weighted by atomic mass is 10.2. The highest BCUT2D eigenvalue weighted by Crippen LogP contribution is 2.33. The highest BCUT2D eigenvalue weighted by molar-refractivity contribution is 7.89. The average molecular weight is 498 g/mol. The molecule has 0 radical (unpaired) electrons. The molecule has 3 aromatic rings. The van der Waals surface area contributed by atoms with Gasteiger partial charge in [-0.05, 0) is 48.0 Å². The van der Waals surface area contributed by atoms with Crippen molar-refractivity contribution in [3.63, 3.8) is 0 Å². The number of rotatable bonds is 10. The number of benzene rings is 2. The number of nitrogens with one attached hydrogen (secondary N) is 2. The van der Waals surface area contributed by atoms with E-state index >= 15 is 0 Å². The van der Waals surface area contributed by atoms with E-state index in [1.54, 1.807) is 44.7 Å². The quantitative estimate of drug-likeness (QED) is 0.326. The van der Waals surface area contributed by atoms with Crippen LogP contribution in [0.25, 0.3) is 0 Å². The monoisotopic (exact) mass is 497 g/mol. The molecule has 2 aromatic carbocycles. The third-order valence-corrected chi connectivity index (χ3v) is 7.84. The molecule has 0 bridgehead atoms. The zero-order valence-electron chi connectivity index (χ0n) is 20.0. The van der Waals surface area contributed by atoms with Crippen LogP contribution in [-0.4, -0.2) is 64.8 Å². The minimum absolute atomic E-state index is 0.293. The average Bonchev–Trinajstić information content (AvgIpc) is 2.91. The molecule has 35 heavy (non-hydrogen) atoms. The highest BCUT2D eigenvalue weighted by Gasteiger charge is 2.29. The van der Waals surface area contributed by atoms with Crippen LogP contribution in [0, 0.1) is 0 Å². The zero-order chi connectivity index (χ0) is 24.7. The smallest absolute Gasteiger partial charge is 0.243 e. The molecule has 1 aromatic heterocycles. The highest BCUT2D eigenvalue weighted by atomic mass is 32.2. The lowest BCUT2D eigenvalue weighted by Crippen LogP contribution is -2.48. The maximum atomic E-state index is 13.2. The molecule has 2 N–H and O–H groups in total. The summed E-state index contributed by atoms with van der Waals surface area (Å²) in [6.07, 6.45) is 3.56. The molecule has 0 saturated carbocycles. The van der Waals surface area contributed by atoms with E-state index in [0.29, 0.717) is 55.8 Å². The first-order chi connectivity index (χ1) is 17.0. The van der Waals surface area contributed by atoms with Crippen molar-refractivity contribution in [2.75, 3.05) is 57.3 Å². The Balaban J connectivity index is 1.31. The molecular weight excluding hydrogens is 466 g/mol. The van der Waals surface area contributed by atoms with E-state index in [0.717, 1.165) is 16.9 Å². The van der Waals surface area contributed by atoms with Gasteiger partial charge in [-0.3, -0.25) is 10.3 Å². The van der Waals surface area contributed by atoms with E-state index in [1.807, 2.05) is 36.5 Å². The van der Waals surface area contributed by atoms with Crippen LogP contribution in [0.15, 0.2) is 71.9 Å². The molecule has 1 aliphatic rings. The molecule has 4 rings (SSSR count). The van der Waals surface area contributed by atoms with Crippen molar-refractivity contribution in [1.29, 1.82) is 0 Å². The number of sulfonamides is 1. The van der Waals surface area contributed by atoms with Gasteiger partial charge in [0.1, 0.15) is 11.5 Å². The normalized spacial score (nSPS) is 14.5. The molecule has 0 unspecified atom stereocenters. The lowest BCUT2D eigenvalue weighted by molar-refractivity contribution is 0.375. The number of pyridine rings is 1. The Morgan fingerprint density at radius 3 is 2.40 bits per heavy atom. The van der Waals surface area contributed by atoms with E-state index in [4.69, 9.17) is 9.47 Å². The maximum Gasteiger partial charge on any atom is 0.243 e. The van der Waals surface area contributed by atoms with Crippen molar-refractivity contribution >= 4 is 21.4 Å². The van der Waals surface area contributed by atoms with Crippen molar-refractivity contribution in [3.8, 4) is 11.5 Å². The first-order valence-corrected chi connectivity index (χ1v) is 12.9. The molecule has 0 aliphatic carbocycles. The zero-order valence-corrected chi connectivity index (χ0v) is 20.8. The fraction of sp³-hybridized carbons (Fsp3) is 0.320. The lowest BCUT2D eigenvalue weighted by Gasteiger charge is -2.36. The second kappa shape index (κ2) is 11.4. The molecule has 0 spiro atoms. The van der Waals surface area contributed by atoms with Crippen molar-refractivity contribution in [2.45, 2.75) is 11.4 Å². The number of aromatic nitrogens is 1. The Morgan fingerprint density at radius 2 is 1.74 bits per heavy atom. The molecule has 10 heteroatoms. The Bertz CT molecular complexity index is 1200. The van der Waals surface area contributed by atoms with E-state index in [2.05, 4.69) is 20.5 Å². The number of hydrogen-bond acceptors (Lipinski definition) is 8. The molecule has 2 heterocycles. The molecule has 1 saturated heterocycles. The topological polar surface area (TPSA) is 96.0 Å². The molecule has 1 fully saturated rings. The summed E-state index contributed by atoms with van der Waals surface area (Å²) < 4.78 is 38.7. The van der Waals surface area contributed by atoms with Crippen LogP contribution in [0.4, 0.5) is 11.4 Å². The summed E-state index contributed by atoms with van der Waals surface area (Å²) in [5.74, 6) is 1.42. The number of piperazine rings is 1. The van der Waals surface area contributed by atoms with Gasteiger partial charge in [0.25, 0.3) is 0 Å². The number of methoxy groups -OCH3 is 2. The van der Waals surface area contributed by atoms with Crippen molar-refractivity contribution < 1.29 is 17.9 Å². The van der Waals surface area contributed by atoms with Crippen LogP contribution < -0.4 is 25.0 Å². The Labute approximate surface area is 206 Å². The predicted molar refractivity (Wildman–Crippen MR) is 137 cm³/mol.